The Hall–Kier alpha value is -0.370. The highest BCUT2D eigenvalue weighted by Gasteiger charge is 2.57. The Labute approximate surface area is 97.0 Å². The Morgan fingerprint density at radius 1 is 1.18 bits per heavy atom. The molecule has 0 saturated carbocycles. The first-order valence-corrected chi connectivity index (χ1v) is 5.38. The van der Waals surface area contributed by atoms with Crippen LogP contribution in [0.2, 0.25) is 0 Å². The van der Waals surface area contributed by atoms with E-state index in [0.29, 0.717) is 0 Å². The predicted molar refractivity (Wildman–Crippen MR) is 50.2 cm³/mol. The number of ether oxygens (including phenoxy) is 4. The molecule has 4 atom stereocenters. The summed E-state index contributed by atoms with van der Waals surface area (Å²) < 4.78 is 59.2. The average Bonchev–Trinajstić information content (AvgIpc) is 2.15. The standard InChI is InChI=1S/C10H15F3O4/c1-5-14-4-6-7(15-5)8(10(11,12)13)17-9(2,3)16-6/h5-8H,4H2,1-3H3/t5-,6-,7-,8-/m1/s1. The van der Waals surface area contributed by atoms with Gasteiger partial charge in [-0.05, 0) is 20.8 Å². The number of fused-ring (bicyclic) bond motifs is 1. The molecular weight excluding hydrogens is 241 g/mol. The van der Waals surface area contributed by atoms with Gasteiger partial charge in [-0.1, -0.05) is 0 Å². The van der Waals surface area contributed by atoms with Crippen molar-refractivity contribution in [3.63, 3.8) is 0 Å². The summed E-state index contributed by atoms with van der Waals surface area (Å²) >= 11 is 0. The largest absolute Gasteiger partial charge is 0.417 e. The van der Waals surface area contributed by atoms with Gasteiger partial charge in [-0.3, -0.25) is 0 Å². The molecule has 0 aromatic carbocycles. The van der Waals surface area contributed by atoms with E-state index in [4.69, 9.17) is 18.9 Å². The second-order valence-corrected chi connectivity index (χ2v) is 4.64. The maximum atomic E-state index is 12.9. The minimum absolute atomic E-state index is 0.0746. The summed E-state index contributed by atoms with van der Waals surface area (Å²) in [5, 5.41) is 0. The fourth-order valence-corrected chi connectivity index (χ4v) is 2.06. The van der Waals surface area contributed by atoms with Crippen LogP contribution < -0.4 is 0 Å². The Balaban J connectivity index is 2.22. The first-order valence-electron chi connectivity index (χ1n) is 5.38. The van der Waals surface area contributed by atoms with Crippen LogP contribution in [-0.2, 0) is 18.9 Å². The minimum Gasteiger partial charge on any atom is -0.350 e. The third-order valence-corrected chi connectivity index (χ3v) is 2.68. The smallest absolute Gasteiger partial charge is 0.350 e. The predicted octanol–water partition coefficient (Wildman–Crippen LogP) is 1.83. The van der Waals surface area contributed by atoms with Gasteiger partial charge in [-0.2, -0.15) is 13.2 Å². The van der Waals surface area contributed by atoms with Crippen molar-refractivity contribution in [2.75, 3.05) is 6.61 Å². The van der Waals surface area contributed by atoms with Crippen molar-refractivity contribution in [2.45, 2.75) is 57.3 Å². The van der Waals surface area contributed by atoms with Crippen molar-refractivity contribution in [2.24, 2.45) is 0 Å². The van der Waals surface area contributed by atoms with Crippen molar-refractivity contribution < 1.29 is 32.1 Å². The number of halogens is 3. The van der Waals surface area contributed by atoms with Gasteiger partial charge in [-0.15, -0.1) is 0 Å². The van der Waals surface area contributed by atoms with E-state index in [1.807, 2.05) is 0 Å². The first kappa shape index (κ1) is 13.1. The van der Waals surface area contributed by atoms with Gasteiger partial charge in [0.1, 0.15) is 12.2 Å². The summed E-state index contributed by atoms with van der Waals surface area (Å²) in [6.45, 7) is 4.51. The summed E-state index contributed by atoms with van der Waals surface area (Å²) in [6, 6.07) is 0. The molecular formula is C10H15F3O4. The van der Waals surface area contributed by atoms with Gasteiger partial charge >= 0.3 is 6.18 Å². The fourth-order valence-electron chi connectivity index (χ4n) is 2.06. The molecule has 100 valence electrons. The molecule has 0 unspecified atom stereocenters. The third-order valence-electron chi connectivity index (χ3n) is 2.68. The Kier molecular flexibility index (Phi) is 3.14. The Morgan fingerprint density at radius 3 is 2.41 bits per heavy atom. The van der Waals surface area contributed by atoms with Gasteiger partial charge in [0.05, 0.1) is 6.61 Å². The van der Waals surface area contributed by atoms with Gasteiger partial charge in [0.25, 0.3) is 0 Å². The van der Waals surface area contributed by atoms with Crippen LogP contribution in [0, 0.1) is 0 Å². The minimum atomic E-state index is -4.49. The lowest BCUT2D eigenvalue weighted by Crippen LogP contribution is -2.63. The summed E-state index contributed by atoms with van der Waals surface area (Å²) in [5.41, 5.74) is 0. The van der Waals surface area contributed by atoms with Crippen LogP contribution in [0.25, 0.3) is 0 Å². The maximum Gasteiger partial charge on any atom is 0.417 e. The second kappa shape index (κ2) is 4.08. The quantitative estimate of drug-likeness (QED) is 0.662. The monoisotopic (exact) mass is 256 g/mol. The number of hydrogen-bond acceptors (Lipinski definition) is 4. The average molecular weight is 256 g/mol. The highest BCUT2D eigenvalue weighted by molar-refractivity contribution is 4.92. The molecule has 7 heteroatoms. The van der Waals surface area contributed by atoms with Crippen LogP contribution >= 0.6 is 0 Å². The van der Waals surface area contributed by atoms with Crippen LogP contribution in [0.5, 0.6) is 0 Å². The van der Waals surface area contributed by atoms with E-state index in [1.165, 1.54) is 13.8 Å². The molecule has 0 aromatic rings. The van der Waals surface area contributed by atoms with Crippen LogP contribution in [0.3, 0.4) is 0 Å². The highest BCUT2D eigenvalue weighted by Crippen LogP contribution is 2.39. The lowest BCUT2D eigenvalue weighted by Gasteiger charge is -2.48. The molecule has 4 nitrogen and oxygen atoms in total. The van der Waals surface area contributed by atoms with E-state index in [1.54, 1.807) is 6.92 Å². The molecule has 2 heterocycles. The van der Waals surface area contributed by atoms with Crippen LogP contribution in [0.4, 0.5) is 13.2 Å². The van der Waals surface area contributed by atoms with Gasteiger partial charge in [0.15, 0.2) is 18.2 Å². The molecule has 2 fully saturated rings. The summed E-state index contributed by atoms with van der Waals surface area (Å²) in [4.78, 5) is 0. The summed E-state index contributed by atoms with van der Waals surface area (Å²) in [7, 11) is 0. The molecule has 2 aliphatic heterocycles. The van der Waals surface area contributed by atoms with Gasteiger partial charge in [0, 0.05) is 0 Å². The molecule has 0 aromatic heterocycles. The number of rotatable bonds is 0. The van der Waals surface area contributed by atoms with E-state index >= 15 is 0 Å². The zero-order valence-corrected chi connectivity index (χ0v) is 9.78. The summed E-state index contributed by atoms with van der Waals surface area (Å²) in [6.07, 6.45) is -9.09. The van der Waals surface area contributed by atoms with Crippen molar-refractivity contribution in [1.29, 1.82) is 0 Å². The van der Waals surface area contributed by atoms with Crippen LogP contribution in [-0.4, -0.2) is 43.2 Å². The van der Waals surface area contributed by atoms with Gasteiger partial charge in [-0.25, -0.2) is 0 Å². The molecule has 0 N–H and O–H groups in total. The van der Waals surface area contributed by atoms with Crippen molar-refractivity contribution in [1.82, 2.24) is 0 Å². The molecule has 0 spiro atoms. The zero-order valence-electron chi connectivity index (χ0n) is 9.78. The maximum absolute atomic E-state index is 12.9. The van der Waals surface area contributed by atoms with Gasteiger partial charge in [0.2, 0.25) is 0 Å². The molecule has 2 aliphatic rings. The molecule has 2 rings (SSSR count). The normalized spacial score (nSPS) is 42.0. The van der Waals surface area contributed by atoms with E-state index in [-0.39, 0.29) is 6.61 Å². The zero-order chi connectivity index (χ0) is 12.8. The van der Waals surface area contributed by atoms with Crippen LogP contribution in [0.15, 0.2) is 0 Å². The van der Waals surface area contributed by atoms with Gasteiger partial charge < -0.3 is 18.9 Å². The molecule has 0 bridgehead atoms. The molecule has 17 heavy (non-hydrogen) atoms. The van der Waals surface area contributed by atoms with E-state index < -0.39 is 36.6 Å². The summed E-state index contributed by atoms with van der Waals surface area (Å²) in [5.74, 6) is -1.30. The number of alkyl halides is 3. The molecule has 2 saturated heterocycles. The Morgan fingerprint density at radius 2 is 1.82 bits per heavy atom. The number of hydrogen-bond donors (Lipinski definition) is 0. The second-order valence-electron chi connectivity index (χ2n) is 4.64. The topological polar surface area (TPSA) is 36.9 Å². The third kappa shape index (κ3) is 2.73. The fraction of sp³-hybridized carbons (Fsp3) is 1.00. The van der Waals surface area contributed by atoms with Crippen molar-refractivity contribution >= 4 is 0 Å². The SMILES string of the molecule is C[C@@H]1OC[C@H]2OC(C)(C)O[C@@H](C(F)(F)F)[C@@H]2O1. The Bertz CT molecular complexity index is 292. The van der Waals surface area contributed by atoms with E-state index in [9.17, 15) is 13.2 Å². The van der Waals surface area contributed by atoms with Crippen LogP contribution in [0.1, 0.15) is 20.8 Å². The highest BCUT2D eigenvalue weighted by atomic mass is 19.4. The van der Waals surface area contributed by atoms with Crippen molar-refractivity contribution in [3.8, 4) is 0 Å². The molecule has 0 radical (unpaired) electrons. The lowest BCUT2D eigenvalue weighted by molar-refractivity contribution is -0.420. The van der Waals surface area contributed by atoms with E-state index in [2.05, 4.69) is 0 Å². The molecule has 0 aliphatic carbocycles. The van der Waals surface area contributed by atoms with E-state index in [0.717, 1.165) is 0 Å². The first-order chi connectivity index (χ1) is 7.69. The van der Waals surface area contributed by atoms with Crippen molar-refractivity contribution in [3.05, 3.63) is 0 Å². The molecule has 0 amide bonds. The lowest BCUT2D eigenvalue weighted by atomic mass is 10.0.